The molecule has 0 aromatic rings. The van der Waals surface area contributed by atoms with E-state index in [1.54, 1.807) is 0 Å². The lowest BCUT2D eigenvalue weighted by Crippen LogP contribution is -2.36. The Morgan fingerprint density at radius 1 is 1.07 bits per heavy atom. The first-order chi connectivity index (χ1) is 6.79. The summed E-state index contributed by atoms with van der Waals surface area (Å²) in [5.74, 6) is 0.605. The fraction of sp³-hybridized carbons (Fsp3) is 1.00. The zero-order valence-electron chi connectivity index (χ0n) is 9.04. The van der Waals surface area contributed by atoms with Gasteiger partial charge in [0.25, 0.3) is 0 Å². The maximum atomic E-state index is 5.72. The summed E-state index contributed by atoms with van der Waals surface area (Å²) in [6.45, 7) is 2.44. The van der Waals surface area contributed by atoms with Crippen LogP contribution in [0.25, 0.3) is 0 Å². The normalized spacial score (nSPS) is 35.4. The average molecular weight is 234 g/mol. The number of nitrogens with two attached hydrogens (primary N) is 1. The van der Waals surface area contributed by atoms with Gasteiger partial charge >= 0.3 is 0 Å². The van der Waals surface area contributed by atoms with E-state index < -0.39 is 0 Å². The first-order valence-corrected chi connectivity index (χ1v) is 5.77. The lowest BCUT2D eigenvalue weighted by Gasteiger charge is -2.36. The predicted molar refractivity (Wildman–Crippen MR) is 59.9 cm³/mol. The van der Waals surface area contributed by atoms with Crippen molar-refractivity contribution in [1.29, 1.82) is 0 Å². The average Bonchev–Trinajstić information content (AvgIpc) is 2.72. The van der Waals surface area contributed by atoms with Crippen LogP contribution in [0, 0.1) is 11.3 Å². The van der Waals surface area contributed by atoms with Gasteiger partial charge in [-0.05, 0) is 37.1 Å². The van der Waals surface area contributed by atoms with Crippen molar-refractivity contribution in [3.63, 3.8) is 0 Å². The molecule has 1 heterocycles. The number of hydrogen-bond acceptors (Lipinski definition) is 3. The highest BCUT2D eigenvalue weighted by Gasteiger charge is 2.57. The zero-order chi connectivity index (χ0) is 9.65. The third-order valence-corrected chi connectivity index (χ3v) is 4.46. The van der Waals surface area contributed by atoms with Gasteiger partial charge in [-0.3, -0.25) is 0 Å². The van der Waals surface area contributed by atoms with E-state index in [1.807, 2.05) is 0 Å². The SMILES string of the molecule is Cl.NCC1CC12CCC1(CC2)OCCO1. The van der Waals surface area contributed by atoms with Gasteiger partial charge in [0, 0.05) is 12.8 Å². The van der Waals surface area contributed by atoms with E-state index in [0.29, 0.717) is 5.41 Å². The Kier molecular flexibility index (Phi) is 3.01. The van der Waals surface area contributed by atoms with Gasteiger partial charge in [-0.15, -0.1) is 12.4 Å². The van der Waals surface area contributed by atoms with Gasteiger partial charge in [0.15, 0.2) is 5.79 Å². The summed E-state index contributed by atoms with van der Waals surface area (Å²) in [6, 6.07) is 0. The third-order valence-electron chi connectivity index (χ3n) is 4.46. The van der Waals surface area contributed by atoms with Crippen molar-refractivity contribution in [1.82, 2.24) is 0 Å². The second kappa shape index (κ2) is 3.88. The van der Waals surface area contributed by atoms with Gasteiger partial charge in [-0.2, -0.15) is 0 Å². The summed E-state index contributed by atoms with van der Waals surface area (Å²) < 4.78 is 11.4. The minimum absolute atomic E-state index is 0. The monoisotopic (exact) mass is 233 g/mol. The molecule has 0 bridgehead atoms. The summed E-state index contributed by atoms with van der Waals surface area (Å²) in [5, 5.41) is 0. The summed E-state index contributed by atoms with van der Waals surface area (Å²) in [5.41, 5.74) is 6.31. The Balaban J connectivity index is 0.000000853. The van der Waals surface area contributed by atoms with Crippen molar-refractivity contribution in [2.45, 2.75) is 37.9 Å². The van der Waals surface area contributed by atoms with Gasteiger partial charge < -0.3 is 15.2 Å². The highest BCUT2D eigenvalue weighted by molar-refractivity contribution is 5.85. The molecule has 0 aromatic heterocycles. The van der Waals surface area contributed by atoms with E-state index in [2.05, 4.69) is 0 Å². The molecule has 2 saturated carbocycles. The van der Waals surface area contributed by atoms with Crippen LogP contribution in [-0.2, 0) is 9.47 Å². The molecule has 0 radical (unpaired) electrons. The van der Waals surface area contributed by atoms with E-state index in [-0.39, 0.29) is 18.2 Å². The summed E-state index contributed by atoms with van der Waals surface area (Å²) in [7, 11) is 0. The molecule has 1 aliphatic heterocycles. The van der Waals surface area contributed by atoms with E-state index in [0.717, 1.165) is 38.5 Å². The summed E-state index contributed by atoms with van der Waals surface area (Å²) in [6.07, 6.45) is 6.04. The number of rotatable bonds is 1. The van der Waals surface area contributed by atoms with Gasteiger partial charge in [0.2, 0.25) is 0 Å². The van der Waals surface area contributed by atoms with Crippen molar-refractivity contribution in [2.75, 3.05) is 19.8 Å². The number of ether oxygens (including phenoxy) is 2. The molecule has 3 rings (SSSR count). The number of halogens is 1. The van der Waals surface area contributed by atoms with E-state index in [9.17, 15) is 0 Å². The zero-order valence-corrected chi connectivity index (χ0v) is 9.85. The maximum absolute atomic E-state index is 5.72. The van der Waals surface area contributed by atoms with Crippen LogP contribution in [0.3, 0.4) is 0 Å². The summed E-state index contributed by atoms with van der Waals surface area (Å²) in [4.78, 5) is 0. The standard InChI is InChI=1S/C11H19NO2.ClH/c12-8-9-7-10(9)1-3-11(4-2-10)13-5-6-14-11;/h9H,1-8,12H2;1H. The van der Waals surface area contributed by atoms with Crippen molar-refractivity contribution >= 4 is 12.4 Å². The lowest BCUT2D eigenvalue weighted by atomic mass is 9.81. The third kappa shape index (κ3) is 1.80. The molecule has 3 fully saturated rings. The highest BCUT2D eigenvalue weighted by atomic mass is 35.5. The summed E-state index contributed by atoms with van der Waals surface area (Å²) >= 11 is 0. The van der Waals surface area contributed by atoms with E-state index in [1.165, 1.54) is 19.3 Å². The molecular formula is C11H20ClNO2. The van der Waals surface area contributed by atoms with Gasteiger partial charge in [0.1, 0.15) is 0 Å². The molecule has 2 spiro atoms. The number of hydrogen-bond donors (Lipinski definition) is 1. The van der Waals surface area contributed by atoms with Crippen LogP contribution in [-0.4, -0.2) is 25.5 Å². The lowest BCUT2D eigenvalue weighted by molar-refractivity contribution is -0.185. The largest absolute Gasteiger partial charge is 0.348 e. The molecule has 3 nitrogen and oxygen atoms in total. The Hall–Kier alpha value is 0.170. The van der Waals surface area contributed by atoms with Crippen LogP contribution >= 0.6 is 12.4 Å². The molecular weight excluding hydrogens is 214 g/mol. The first-order valence-electron chi connectivity index (χ1n) is 5.77. The van der Waals surface area contributed by atoms with Crippen LogP contribution in [0.2, 0.25) is 0 Å². The van der Waals surface area contributed by atoms with Gasteiger partial charge in [-0.1, -0.05) is 0 Å². The molecule has 0 aromatic carbocycles. The van der Waals surface area contributed by atoms with E-state index in [4.69, 9.17) is 15.2 Å². The van der Waals surface area contributed by atoms with Crippen LogP contribution in [0.1, 0.15) is 32.1 Å². The molecule has 15 heavy (non-hydrogen) atoms. The Labute approximate surface area is 97.1 Å². The van der Waals surface area contributed by atoms with Gasteiger partial charge in [-0.25, -0.2) is 0 Å². The van der Waals surface area contributed by atoms with Gasteiger partial charge in [0.05, 0.1) is 13.2 Å². The molecule has 1 atom stereocenters. The van der Waals surface area contributed by atoms with Crippen LogP contribution in [0.5, 0.6) is 0 Å². The molecule has 4 heteroatoms. The molecule has 1 unspecified atom stereocenters. The van der Waals surface area contributed by atoms with Crippen molar-refractivity contribution in [2.24, 2.45) is 17.1 Å². The predicted octanol–water partition coefficient (Wildman–Crippen LogP) is 1.69. The quantitative estimate of drug-likeness (QED) is 0.750. The van der Waals surface area contributed by atoms with Crippen LogP contribution in [0.15, 0.2) is 0 Å². The Morgan fingerprint density at radius 2 is 1.67 bits per heavy atom. The fourth-order valence-corrected chi connectivity index (χ4v) is 3.29. The van der Waals surface area contributed by atoms with Crippen molar-refractivity contribution in [3.8, 4) is 0 Å². The minimum Gasteiger partial charge on any atom is -0.348 e. The molecule has 88 valence electrons. The Bertz CT molecular complexity index is 231. The molecule has 0 amide bonds. The topological polar surface area (TPSA) is 44.5 Å². The van der Waals surface area contributed by atoms with Crippen molar-refractivity contribution in [3.05, 3.63) is 0 Å². The first kappa shape index (κ1) is 11.6. The second-order valence-corrected chi connectivity index (χ2v) is 5.11. The fourth-order valence-electron chi connectivity index (χ4n) is 3.29. The van der Waals surface area contributed by atoms with Crippen molar-refractivity contribution < 1.29 is 9.47 Å². The van der Waals surface area contributed by atoms with Crippen LogP contribution in [0.4, 0.5) is 0 Å². The second-order valence-electron chi connectivity index (χ2n) is 5.11. The molecule has 3 aliphatic rings. The van der Waals surface area contributed by atoms with E-state index >= 15 is 0 Å². The van der Waals surface area contributed by atoms with Crippen LogP contribution < -0.4 is 5.73 Å². The Morgan fingerprint density at radius 3 is 2.13 bits per heavy atom. The smallest absolute Gasteiger partial charge is 0.168 e. The molecule has 2 aliphatic carbocycles. The maximum Gasteiger partial charge on any atom is 0.168 e. The minimum atomic E-state index is -0.188. The highest BCUT2D eigenvalue weighted by Crippen LogP contribution is 2.62. The molecule has 1 saturated heterocycles. The molecule has 2 N–H and O–H groups in total.